The molecule has 0 N–H and O–H groups in total. The van der Waals surface area contributed by atoms with Crippen molar-refractivity contribution < 1.29 is 4.42 Å². The third-order valence-electron chi connectivity index (χ3n) is 9.36. The smallest absolute Gasteiger partial charge is 0.167 e. The standard InChI is InChI=1S/C44H27N5O/c1-4-12-29(13-5-1)42-46-43(30-14-6-2-7-15-30)48-44(47-42)34-21-20-32(28-22-24-45-25-23-28)40-36-26-35-33-18-10-11-19-37(33)49(31-16-8-3-9-17-31)38(35)27-39(36)50-41(34)40/h1-27H. The molecule has 0 atom stereocenters. The van der Waals surface area contributed by atoms with Crippen LogP contribution in [-0.2, 0) is 0 Å². The van der Waals surface area contributed by atoms with E-state index in [9.17, 15) is 0 Å². The maximum Gasteiger partial charge on any atom is 0.167 e. The first kappa shape index (κ1) is 28.1. The Kier molecular flexibility index (Phi) is 6.39. The molecule has 0 aliphatic carbocycles. The quantitative estimate of drug-likeness (QED) is 0.187. The summed E-state index contributed by atoms with van der Waals surface area (Å²) < 4.78 is 9.27. The van der Waals surface area contributed by atoms with Gasteiger partial charge in [-0.1, -0.05) is 103 Å². The van der Waals surface area contributed by atoms with E-state index in [0.29, 0.717) is 17.5 Å². The van der Waals surface area contributed by atoms with Crippen LogP contribution in [0.3, 0.4) is 0 Å². The van der Waals surface area contributed by atoms with Gasteiger partial charge >= 0.3 is 0 Å². The van der Waals surface area contributed by atoms with E-state index in [2.05, 4.69) is 82.3 Å². The van der Waals surface area contributed by atoms with Crippen molar-refractivity contribution in [1.29, 1.82) is 0 Å². The highest BCUT2D eigenvalue weighted by Gasteiger charge is 2.23. The fourth-order valence-electron chi connectivity index (χ4n) is 7.07. The molecule has 0 bridgehead atoms. The van der Waals surface area contributed by atoms with Gasteiger partial charge < -0.3 is 8.98 Å². The largest absolute Gasteiger partial charge is 0.455 e. The predicted molar refractivity (Wildman–Crippen MR) is 201 cm³/mol. The van der Waals surface area contributed by atoms with Gasteiger partial charge in [0.2, 0.25) is 0 Å². The van der Waals surface area contributed by atoms with E-state index < -0.39 is 0 Å². The normalized spacial score (nSPS) is 11.6. The first-order valence-electron chi connectivity index (χ1n) is 16.6. The number of nitrogens with zero attached hydrogens (tertiary/aromatic N) is 5. The van der Waals surface area contributed by atoms with Gasteiger partial charge in [0.15, 0.2) is 17.5 Å². The third-order valence-corrected chi connectivity index (χ3v) is 9.36. The van der Waals surface area contributed by atoms with Crippen LogP contribution in [0.4, 0.5) is 0 Å². The second kappa shape index (κ2) is 11.4. The van der Waals surface area contributed by atoms with Gasteiger partial charge in [-0.3, -0.25) is 4.98 Å². The summed E-state index contributed by atoms with van der Waals surface area (Å²) in [7, 11) is 0. The molecule has 0 saturated heterocycles. The fraction of sp³-hybridized carbons (Fsp3) is 0. The van der Waals surface area contributed by atoms with E-state index in [1.165, 1.54) is 5.39 Å². The lowest BCUT2D eigenvalue weighted by Crippen LogP contribution is -2.00. The van der Waals surface area contributed by atoms with Crippen molar-refractivity contribution in [2.45, 2.75) is 0 Å². The van der Waals surface area contributed by atoms with Crippen LogP contribution in [0.5, 0.6) is 0 Å². The number of benzene rings is 6. The van der Waals surface area contributed by atoms with Crippen molar-refractivity contribution >= 4 is 43.7 Å². The summed E-state index contributed by atoms with van der Waals surface area (Å²) >= 11 is 0. The highest BCUT2D eigenvalue weighted by atomic mass is 16.3. The molecule has 4 aromatic heterocycles. The summed E-state index contributed by atoms with van der Waals surface area (Å²) in [6, 6.07) is 51.9. The summed E-state index contributed by atoms with van der Waals surface area (Å²) in [6.07, 6.45) is 3.65. The van der Waals surface area contributed by atoms with E-state index in [1.807, 2.05) is 91.3 Å². The molecule has 234 valence electrons. The minimum absolute atomic E-state index is 0.548. The number of hydrogen-bond donors (Lipinski definition) is 0. The molecule has 6 heteroatoms. The number of furan rings is 1. The predicted octanol–water partition coefficient (Wildman–Crippen LogP) is 10.9. The summed E-state index contributed by atoms with van der Waals surface area (Å²) in [5, 5.41) is 4.37. The summed E-state index contributed by atoms with van der Waals surface area (Å²) in [5.41, 5.74) is 9.57. The highest BCUT2D eigenvalue weighted by molar-refractivity contribution is 6.21. The van der Waals surface area contributed by atoms with E-state index in [1.54, 1.807) is 0 Å². The first-order valence-corrected chi connectivity index (χ1v) is 16.6. The first-order chi connectivity index (χ1) is 24.8. The monoisotopic (exact) mass is 641 g/mol. The van der Waals surface area contributed by atoms with Crippen LogP contribution in [0.1, 0.15) is 0 Å². The number of aromatic nitrogens is 5. The van der Waals surface area contributed by atoms with Crippen LogP contribution in [0.15, 0.2) is 168 Å². The molecule has 6 aromatic carbocycles. The molecule has 0 aliphatic heterocycles. The molecule has 4 heterocycles. The van der Waals surface area contributed by atoms with Gasteiger partial charge in [-0.25, -0.2) is 15.0 Å². The van der Waals surface area contributed by atoms with Crippen LogP contribution in [0.2, 0.25) is 0 Å². The molecule has 0 amide bonds. The topological polar surface area (TPSA) is 69.6 Å². The molecule has 0 aliphatic rings. The molecule has 0 fully saturated rings. The van der Waals surface area contributed by atoms with Crippen molar-refractivity contribution in [3.05, 3.63) is 164 Å². The molecule has 10 aromatic rings. The van der Waals surface area contributed by atoms with E-state index in [0.717, 1.165) is 71.9 Å². The second-order valence-corrected chi connectivity index (χ2v) is 12.3. The average Bonchev–Trinajstić information content (AvgIpc) is 3.73. The maximum atomic E-state index is 6.96. The van der Waals surface area contributed by atoms with E-state index in [-0.39, 0.29) is 0 Å². The molecule has 0 unspecified atom stereocenters. The van der Waals surface area contributed by atoms with Crippen LogP contribution in [0, 0.1) is 0 Å². The van der Waals surface area contributed by atoms with Crippen molar-refractivity contribution in [3.8, 4) is 51.0 Å². The molecular formula is C44H27N5O. The minimum atomic E-state index is 0.548. The summed E-state index contributed by atoms with van der Waals surface area (Å²) in [6.45, 7) is 0. The van der Waals surface area contributed by atoms with Crippen molar-refractivity contribution in [2.24, 2.45) is 0 Å². The Balaban J connectivity index is 1.30. The lowest BCUT2D eigenvalue weighted by atomic mass is 9.97. The Labute approximate surface area is 287 Å². The lowest BCUT2D eigenvalue weighted by molar-refractivity contribution is 0.670. The molecule has 0 radical (unpaired) electrons. The van der Waals surface area contributed by atoms with Gasteiger partial charge in [-0.2, -0.15) is 0 Å². The van der Waals surface area contributed by atoms with Gasteiger partial charge in [0, 0.05) is 56.8 Å². The highest BCUT2D eigenvalue weighted by Crippen LogP contribution is 2.44. The van der Waals surface area contributed by atoms with Crippen molar-refractivity contribution in [3.63, 3.8) is 0 Å². The lowest BCUT2D eigenvalue weighted by Gasteiger charge is -2.10. The van der Waals surface area contributed by atoms with E-state index >= 15 is 0 Å². The Hall–Kier alpha value is -6.92. The molecule has 50 heavy (non-hydrogen) atoms. The number of fused-ring (bicyclic) bond motifs is 6. The van der Waals surface area contributed by atoms with Gasteiger partial charge in [-0.05, 0) is 53.6 Å². The Morgan fingerprint density at radius 3 is 1.74 bits per heavy atom. The zero-order chi connectivity index (χ0) is 33.0. The molecule has 10 rings (SSSR count). The minimum Gasteiger partial charge on any atom is -0.455 e. The second-order valence-electron chi connectivity index (χ2n) is 12.3. The number of rotatable bonds is 5. The molecule has 0 spiro atoms. The van der Waals surface area contributed by atoms with Gasteiger partial charge in [0.25, 0.3) is 0 Å². The van der Waals surface area contributed by atoms with Crippen molar-refractivity contribution in [1.82, 2.24) is 24.5 Å². The maximum absolute atomic E-state index is 6.96. The SMILES string of the molecule is c1ccc(-c2nc(-c3ccccc3)nc(-c3ccc(-c4ccncc4)c4c3oc3cc5c(cc34)c3ccccc3n5-c3ccccc3)n2)cc1. The van der Waals surface area contributed by atoms with Crippen LogP contribution in [0.25, 0.3) is 94.7 Å². The molecule has 0 saturated carbocycles. The fourth-order valence-corrected chi connectivity index (χ4v) is 7.07. The van der Waals surface area contributed by atoms with Gasteiger partial charge in [0.1, 0.15) is 11.2 Å². The third kappa shape index (κ3) is 4.50. The summed E-state index contributed by atoms with van der Waals surface area (Å²) in [5.74, 6) is 1.75. The average molecular weight is 642 g/mol. The van der Waals surface area contributed by atoms with Crippen molar-refractivity contribution in [2.75, 3.05) is 0 Å². The Morgan fingerprint density at radius 1 is 0.440 bits per heavy atom. The Bertz CT molecular complexity index is 2790. The molecular weight excluding hydrogens is 615 g/mol. The van der Waals surface area contributed by atoms with Crippen LogP contribution < -0.4 is 0 Å². The zero-order valence-corrected chi connectivity index (χ0v) is 26.7. The molecule has 6 nitrogen and oxygen atoms in total. The van der Waals surface area contributed by atoms with Gasteiger partial charge in [-0.15, -0.1) is 0 Å². The number of para-hydroxylation sites is 2. The summed E-state index contributed by atoms with van der Waals surface area (Å²) in [4.78, 5) is 19.4. The Morgan fingerprint density at radius 2 is 1.04 bits per heavy atom. The zero-order valence-electron chi connectivity index (χ0n) is 26.7. The number of pyridine rings is 1. The number of hydrogen-bond acceptors (Lipinski definition) is 5. The van der Waals surface area contributed by atoms with Crippen LogP contribution >= 0.6 is 0 Å². The van der Waals surface area contributed by atoms with Crippen LogP contribution in [-0.4, -0.2) is 24.5 Å². The van der Waals surface area contributed by atoms with Gasteiger partial charge in [0.05, 0.1) is 16.6 Å². The van der Waals surface area contributed by atoms with E-state index in [4.69, 9.17) is 19.4 Å².